The molecule has 138 valence electrons. The molecule has 0 atom stereocenters. The van der Waals surface area contributed by atoms with Gasteiger partial charge in [-0.25, -0.2) is 0 Å². The molecule has 1 saturated heterocycles. The van der Waals surface area contributed by atoms with E-state index >= 15 is 0 Å². The van der Waals surface area contributed by atoms with Gasteiger partial charge in [0.2, 0.25) is 5.91 Å². The number of aryl methyl sites for hydroxylation is 1. The lowest BCUT2D eigenvalue weighted by atomic mass is 10.1. The van der Waals surface area contributed by atoms with Crippen molar-refractivity contribution in [2.75, 3.05) is 19.6 Å². The Balaban J connectivity index is 1.55. The molecule has 2 aromatic heterocycles. The van der Waals surface area contributed by atoms with Crippen LogP contribution in [0.5, 0.6) is 0 Å². The number of aromatic nitrogens is 3. The minimum Gasteiger partial charge on any atom is -0.352 e. The van der Waals surface area contributed by atoms with Gasteiger partial charge in [-0.2, -0.15) is 5.10 Å². The maximum Gasteiger partial charge on any atom is 0.255 e. The molecule has 1 fully saturated rings. The first-order valence-electron chi connectivity index (χ1n) is 9.15. The van der Waals surface area contributed by atoms with Crippen LogP contribution >= 0.6 is 0 Å². The van der Waals surface area contributed by atoms with Crippen LogP contribution in [0.1, 0.15) is 42.5 Å². The second-order valence-corrected chi connectivity index (χ2v) is 6.61. The van der Waals surface area contributed by atoms with Crippen LogP contribution in [0.15, 0.2) is 30.7 Å². The number of hydrogen-bond acceptors (Lipinski definition) is 4. The lowest BCUT2D eigenvalue weighted by Gasteiger charge is -2.20. The standard InChI is InChI=1S/C19H25N5O2/c1-23-14-16(18(22-23)15-7-5-9-20-13-15)19(26)21-10-6-12-24-11-4-2-3-8-17(24)25/h5,7,9,13-14H,2-4,6,8,10-12H2,1H3,(H,21,26). The Morgan fingerprint density at radius 2 is 2.19 bits per heavy atom. The van der Waals surface area contributed by atoms with Crippen LogP contribution in [-0.4, -0.2) is 51.1 Å². The molecular formula is C19H25N5O2. The fourth-order valence-electron chi connectivity index (χ4n) is 3.21. The summed E-state index contributed by atoms with van der Waals surface area (Å²) in [4.78, 5) is 30.6. The minimum atomic E-state index is -0.154. The van der Waals surface area contributed by atoms with Crippen molar-refractivity contribution in [2.24, 2.45) is 7.05 Å². The maximum absolute atomic E-state index is 12.6. The predicted molar refractivity (Wildman–Crippen MR) is 98.4 cm³/mol. The maximum atomic E-state index is 12.6. The van der Waals surface area contributed by atoms with Gasteiger partial charge in [-0.15, -0.1) is 0 Å². The van der Waals surface area contributed by atoms with Crippen molar-refractivity contribution in [3.05, 3.63) is 36.3 Å². The molecule has 1 aliphatic rings. The molecule has 0 bridgehead atoms. The zero-order chi connectivity index (χ0) is 18.4. The van der Waals surface area contributed by atoms with Crippen molar-refractivity contribution >= 4 is 11.8 Å². The zero-order valence-corrected chi connectivity index (χ0v) is 15.1. The highest BCUT2D eigenvalue weighted by Crippen LogP contribution is 2.20. The second-order valence-electron chi connectivity index (χ2n) is 6.61. The monoisotopic (exact) mass is 355 g/mol. The van der Waals surface area contributed by atoms with E-state index in [-0.39, 0.29) is 11.8 Å². The van der Waals surface area contributed by atoms with Crippen molar-refractivity contribution in [3.8, 4) is 11.3 Å². The van der Waals surface area contributed by atoms with E-state index in [4.69, 9.17) is 0 Å². The molecule has 0 aromatic carbocycles. The van der Waals surface area contributed by atoms with E-state index in [1.165, 1.54) is 0 Å². The van der Waals surface area contributed by atoms with Crippen molar-refractivity contribution < 1.29 is 9.59 Å². The van der Waals surface area contributed by atoms with Gasteiger partial charge >= 0.3 is 0 Å². The Kier molecular flexibility index (Phi) is 5.99. The predicted octanol–water partition coefficient (Wildman–Crippen LogP) is 2.00. The van der Waals surface area contributed by atoms with Gasteiger partial charge in [0.1, 0.15) is 5.69 Å². The smallest absolute Gasteiger partial charge is 0.255 e. The molecule has 0 unspecified atom stereocenters. The first-order chi connectivity index (χ1) is 12.6. The Morgan fingerprint density at radius 3 is 3.00 bits per heavy atom. The van der Waals surface area contributed by atoms with E-state index in [2.05, 4.69) is 15.4 Å². The topological polar surface area (TPSA) is 80.1 Å². The van der Waals surface area contributed by atoms with E-state index < -0.39 is 0 Å². The summed E-state index contributed by atoms with van der Waals surface area (Å²) in [5, 5.41) is 7.33. The van der Waals surface area contributed by atoms with Gasteiger partial charge < -0.3 is 10.2 Å². The van der Waals surface area contributed by atoms with Gasteiger partial charge in [-0.05, 0) is 31.4 Å². The Hall–Kier alpha value is -2.70. The van der Waals surface area contributed by atoms with Crippen LogP contribution in [0.25, 0.3) is 11.3 Å². The quantitative estimate of drug-likeness (QED) is 0.804. The van der Waals surface area contributed by atoms with Gasteiger partial charge in [0, 0.05) is 57.3 Å². The molecule has 1 N–H and O–H groups in total. The second kappa shape index (κ2) is 8.60. The third-order valence-electron chi connectivity index (χ3n) is 4.57. The molecule has 0 spiro atoms. The summed E-state index contributed by atoms with van der Waals surface area (Å²) in [7, 11) is 1.79. The number of nitrogens with one attached hydrogen (secondary N) is 1. The largest absolute Gasteiger partial charge is 0.352 e. The molecule has 3 heterocycles. The summed E-state index contributed by atoms with van der Waals surface area (Å²) in [6, 6.07) is 3.71. The molecule has 3 rings (SSSR count). The summed E-state index contributed by atoms with van der Waals surface area (Å²) in [5.41, 5.74) is 1.97. The number of carbonyl (C=O) groups is 2. The van der Waals surface area contributed by atoms with E-state index in [9.17, 15) is 9.59 Å². The van der Waals surface area contributed by atoms with Crippen LogP contribution in [-0.2, 0) is 11.8 Å². The average Bonchev–Trinajstić information content (AvgIpc) is 2.93. The van der Waals surface area contributed by atoms with Gasteiger partial charge in [0.05, 0.1) is 5.56 Å². The molecule has 26 heavy (non-hydrogen) atoms. The SMILES string of the molecule is Cn1cc(C(=O)NCCCN2CCCCCC2=O)c(-c2cccnc2)n1. The summed E-state index contributed by atoms with van der Waals surface area (Å²) < 4.78 is 1.63. The number of amides is 2. The first-order valence-corrected chi connectivity index (χ1v) is 9.15. The molecular weight excluding hydrogens is 330 g/mol. The summed E-state index contributed by atoms with van der Waals surface area (Å²) >= 11 is 0. The summed E-state index contributed by atoms with van der Waals surface area (Å²) in [6.07, 6.45) is 9.69. The van der Waals surface area contributed by atoms with Crippen molar-refractivity contribution in [2.45, 2.75) is 32.1 Å². The number of hydrogen-bond donors (Lipinski definition) is 1. The Labute approximate surface area is 153 Å². The third kappa shape index (κ3) is 4.47. The highest BCUT2D eigenvalue weighted by molar-refractivity contribution is 5.99. The molecule has 2 aromatic rings. The van der Waals surface area contributed by atoms with Crippen LogP contribution < -0.4 is 5.32 Å². The van der Waals surface area contributed by atoms with Crippen molar-refractivity contribution in [1.82, 2.24) is 25.0 Å². The van der Waals surface area contributed by atoms with E-state index in [0.29, 0.717) is 30.8 Å². The van der Waals surface area contributed by atoms with Crippen LogP contribution in [0.4, 0.5) is 0 Å². The van der Waals surface area contributed by atoms with Crippen LogP contribution in [0.2, 0.25) is 0 Å². The Bertz CT molecular complexity index is 757. The molecule has 0 aliphatic carbocycles. The number of nitrogens with zero attached hydrogens (tertiary/aromatic N) is 4. The van der Waals surface area contributed by atoms with Crippen molar-refractivity contribution in [3.63, 3.8) is 0 Å². The fraction of sp³-hybridized carbons (Fsp3) is 0.474. The Morgan fingerprint density at radius 1 is 1.31 bits per heavy atom. The molecule has 0 radical (unpaired) electrons. The van der Waals surface area contributed by atoms with Crippen LogP contribution in [0.3, 0.4) is 0 Å². The molecule has 7 nitrogen and oxygen atoms in total. The third-order valence-corrected chi connectivity index (χ3v) is 4.57. The fourth-order valence-corrected chi connectivity index (χ4v) is 3.21. The summed E-state index contributed by atoms with van der Waals surface area (Å²) in [6.45, 7) is 2.06. The van der Waals surface area contributed by atoms with Gasteiger partial charge in [0.25, 0.3) is 5.91 Å². The lowest BCUT2D eigenvalue weighted by Crippen LogP contribution is -2.34. The minimum absolute atomic E-state index is 0.154. The van der Waals surface area contributed by atoms with Gasteiger partial charge in [-0.3, -0.25) is 19.3 Å². The van der Waals surface area contributed by atoms with Crippen LogP contribution in [0, 0.1) is 0 Å². The van der Waals surface area contributed by atoms with E-state index in [1.807, 2.05) is 17.0 Å². The van der Waals surface area contributed by atoms with Gasteiger partial charge in [-0.1, -0.05) is 6.42 Å². The first kappa shape index (κ1) is 18.1. The molecule has 0 saturated carbocycles. The number of pyridine rings is 1. The lowest BCUT2D eigenvalue weighted by molar-refractivity contribution is -0.130. The average molecular weight is 355 g/mol. The summed E-state index contributed by atoms with van der Waals surface area (Å²) in [5.74, 6) is 0.0825. The van der Waals surface area contributed by atoms with E-state index in [0.717, 1.165) is 37.8 Å². The molecule has 2 amide bonds. The number of likely N-dealkylation sites (tertiary alicyclic amines) is 1. The highest BCUT2D eigenvalue weighted by atomic mass is 16.2. The normalized spacial score (nSPS) is 15.0. The number of carbonyl (C=O) groups excluding carboxylic acids is 2. The van der Waals surface area contributed by atoms with Gasteiger partial charge in [0.15, 0.2) is 0 Å². The number of rotatable bonds is 6. The molecule has 1 aliphatic heterocycles. The molecule has 7 heteroatoms. The highest BCUT2D eigenvalue weighted by Gasteiger charge is 2.18. The van der Waals surface area contributed by atoms with Crippen molar-refractivity contribution in [1.29, 1.82) is 0 Å². The zero-order valence-electron chi connectivity index (χ0n) is 15.1. The van der Waals surface area contributed by atoms with E-state index in [1.54, 1.807) is 30.3 Å².